The Labute approximate surface area is 182 Å². The predicted molar refractivity (Wildman–Crippen MR) is 119 cm³/mol. The zero-order chi connectivity index (χ0) is 22.6. The highest BCUT2D eigenvalue weighted by molar-refractivity contribution is 6.01. The molecular weight excluding hydrogens is 394 g/mol. The van der Waals surface area contributed by atoms with E-state index in [-0.39, 0.29) is 0 Å². The Balaban J connectivity index is 1.99. The Morgan fingerprint density at radius 2 is 1.74 bits per heavy atom. The van der Waals surface area contributed by atoms with Crippen LogP contribution < -0.4 is 4.74 Å². The van der Waals surface area contributed by atoms with Crippen molar-refractivity contribution in [3.05, 3.63) is 59.7 Å². The van der Waals surface area contributed by atoms with Crippen molar-refractivity contribution in [1.82, 2.24) is 4.98 Å². The molecule has 0 bridgehead atoms. The summed E-state index contributed by atoms with van der Waals surface area (Å²) in [5.74, 6) is -0.548. The number of benzene rings is 2. The summed E-state index contributed by atoms with van der Waals surface area (Å²) in [6, 6.07) is 14.6. The molecule has 2 aromatic carbocycles. The van der Waals surface area contributed by atoms with Crippen molar-refractivity contribution in [2.24, 2.45) is 0 Å². The molecule has 0 saturated heterocycles. The minimum absolute atomic E-state index is 0.384. The summed E-state index contributed by atoms with van der Waals surface area (Å²) in [4.78, 5) is 29.6. The highest BCUT2D eigenvalue weighted by Gasteiger charge is 2.30. The molecule has 6 heteroatoms. The lowest BCUT2D eigenvalue weighted by Gasteiger charge is -2.22. The quantitative estimate of drug-likeness (QED) is 0.396. The Hall–Kier alpha value is -3.25. The first-order chi connectivity index (χ1) is 14.8. The van der Waals surface area contributed by atoms with Crippen molar-refractivity contribution in [3.8, 4) is 17.0 Å². The maximum atomic E-state index is 12.5. The van der Waals surface area contributed by atoms with Crippen LogP contribution in [0.2, 0.25) is 0 Å². The van der Waals surface area contributed by atoms with E-state index in [0.29, 0.717) is 29.2 Å². The van der Waals surface area contributed by atoms with Crippen molar-refractivity contribution >= 4 is 22.8 Å². The van der Waals surface area contributed by atoms with Gasteiger partial charge in [0.1, 0.15) is 5.75 Å². The number of nitrogens with zero attached hydrogens (tertiary/aromatic N) is 1. The van der Waals surface area contributed by atoms with Gasteiger partial charge in [0, 0.05) is 17.6 Å². The summed E-state index contributed by atoms with van der Waals surface area (Å²) in [7, 11) is 1.35. The lowest BCUT2D eigenvalue weighted by Crippen LogP contribution is -2.38. The molecule has 0 radical (unpaired) electrons. The van der Waals surface area contributed by atoms with Gasteiger partial charge in [-0.25, -0.2) is 14.6 Å². The Morgan fingerprint density at radius 3 is 2.35 bits per heavy atom. The first-order valence-corrected chi connectivity index (χ1v) is 10.3. The number of rotatable bonds is 7. The van der Waals surface area contributed by atoms with Gasteiger partial charge in [-0.2, -0.15) is 0 Å². The molecule has 0 spiro atoms. The molecule has 31 heavy (non-hydrogen) atoms. The van der Waals surface area contributed by atoms with Gasteiger partial charge >= 0.3 is 11.9 Å². The molecule has 0 saturated carbocycles. The second kappa shape index (κ2) is 9.27. The third-order valence-electron chi connectivity index (χ3n) is 5.07. The van der Waals surface area contributed by atoms with Crippen molar-refractivity contribution < 1.29 is 23.8 Å². The van der Waals surface area contributed by atoms with Crippen LogP contribution in [0.5, 0.6) is 5.75 Å². The van der Waals surface area contributed by atoms with Gasteiger partial charge in [0.15, 0.2) is 5.60 Å². The van der Waals surface area contributed by atoms with Crippen LogP contribution in [0.3, 0.4) is 0 Å². The molecule has 0 N–H and O–H groups in total. The highest BCUT2D eigenvalue weighted by atomic mass is 16.6. The van der Waals surface area contributed by atoms with Crippen molar-refractivity contribution in [2.45, 2.75) is 39.7 Å². The van der Waals surface area contributed by atoms with Gasteiger partial charge < -0.3 is 14.2 Å². The number of hydrogen-bond donors (Lipinski definition) is 0. The summed E-state index contributed by atoms with van der Waals surface area (Å²) >= 11 is 0. The smallest absolute Gasteiger partial charge is 0.343 e. The summed E-state index contributed by atoms with van der Waals surface area (Å²) in [6.07, 6.45) is 0.830. The SMILES string of the molecule is CCOC(C)(C)C(=O)Oc1ccc(-c2nc3cccc(CC)c3cc2C(=O)OC)cc1. The molecular formula is C25H27NO5. The van der Waals surface area contributed by atoms with Crippen LogP contribution in [-0.4, -0.2) is 36.2 Å². The number of aromatic nitrogens is 1. The lowest BCUT2D eigenvalue weighted by molar-refractivity contribution is -0.157. The maximum Gasteiger partial charge on any atom is 0.343 e. The zero-order valence-corrected chi connectivity index (χ0v) is 18.5. The summed E-state index contributed by atoms with van der Waals surface area (Å²) in [5, 5.41) is 0.929. The third kappa shape index (κ3) is 4.75. The number of methoxy groups -OCH3 is 1. The molecule has 0 atom stereocenters. The maximum absolute atomic E-state index is 12.5. The van der Waals surface area contributed by atoms with Gasteiger partial charge in [0.2, 0.25) is 0 Å². The number of pyridine rings is 1. The molecule has 0 unspecified atom stereocenters. The van der Waals surface area contributed by atoms with Gasteiger partial charge in [-0.15, -0.1) is 0 Å². The average molecular weight is 421 g/mol. The second-order valence-electron chi connectivity index (χ2n) is 7.57. The Bertz CT molecular complexity index is 1100. The molecule has 3 rings (SSSR count). The lowest BCUT2D eigenvalue weighted by atomic mass is 9.99. The van der Waals surface area contributed by atoms with Crippen LogP contribution in [-0.2, 0) is 20.7 Å². The average Bonchev–Trinajstić information content (AvgIpc) is 2.77. The fourth-order valence-electron chi connectivity index (χ4n) is 3.38. The molecule has 162 valence electrons. The van der Waals surface area contributed by atoms with Crippen LogP contribution in [0, 0.1) is 0 Å². The van der Waals surface area contributed by atoms with Gasteiger partial charge in [-0.3, -0.25) is 0 Å². The molecule has 0 fully saturated rings. The molecule has 0 amide bonds. The zero-order valence-electron chi connectivity index (χ0n) is 18.5. The molecule has 1 heterocycles. The van der Waals surface area contributed by atoms with E-state index in [1.807, 2.05) is 31.2 Å². The Kier molecular flexibility index (Phi) is 6.71. The van der Waals surface area contributed by atoms with Crippen LogP contribution >= 0.6 is 0 Å². The number of fused-ring (bicyclic) bond motifs is 1. The molecule has 3 aromatic rings. The number of carbonyl (C=O) groups is 2. The van der Waals surface area contributed by atoms with Gasteiger partial charge in [-0.1, -0.05) is 19.1 Å². The number of esters is 2. The van der Waals surface area contributed by atoms with Gasteiger partial charge in [0.25, 0.3) is 0 Å². The minimum atomic E-state index is -1.04. The van der Waals surface area contributed by atoms with E-state index in [2.05, 4.69) is 6.92 Å². The van der Waals surface area contributed by atoms with Gasteiger partial charge in [0.05, 0.1) is 23.9 Å². The fourth-order valence-corrected chi connectivity index (χ4v) is 3.38. The van der Waals surface area contributed by atoms with Crippen molar-refractivity contribution in [1.29, 1.82) is 0 Å². The third-order valence-corrected chi connectivity index (χ3v) is 5.07. The molecule has 0 aliphatic rings. The number of hydrogen-bond acceptors (Lipinski definition) is 6. The van der Waals surface area contributed by atoms with E-state index in [9.17, 15) is 9.59 Å². The van der Waals surface area contributed by atoms with Crippen LogP contribution in [0.15, 0.2) is 48.5 Å². The fraction of sp³-hybridized carbons (Fsp3) is 0.320. The van der Waals surface area contributed by atoms with E-state index in [0.717, 1.165) is 22.9 Å². The largest absolute Gasteiger partial charge is 0.465 e. The van der Waals surface area contributed by atoms with Crippen molar-refractivity contribution in [3.63, 3.8) is 0 Å². The predicted octanol–water partition coefficient (Wildman–Crippen LogP) is 4.97. The van der Waals surface area contributed by atoms with Crippen LogP contribution in [0.25, 0.3) is 22.2 Å². The van der Waals surface area contributed by atoms with Gasteiger partial charge in [-0.05, 0) is 69.2 Å². The number of ether oxygens (including phenoxy) is 3. The first-order valence-electron chi connectivity index (χ1n) is 10.3. The van der Waals surface area contributed by atoms with Crippen LogP contribution in [0.4, 0.5) is 0 Å². The molecule has 6 nitrogen and oxygen atoms in total. The normalized spacial score (nSPS) is 11.4. The summed E-state index contributed by atoms with van der Waals surface area (Å²) in [6.45, 7) is 7.62. The highest BCUT2D eigenvalue weighted by Crippen LogP contribution is 2.30. The molecule has 0 aliphatic heterocycles. The number of carbonyl (C=O) groups excluding carboxylic acids is 2. The van der Waals surface area contributed by atoms with E-state index in [4.69, 9.17) is 19.2 Å². The summed E-state index contributed by atoms with van der Waals surface area (Å²) in [5.41, 5.74) is 2.49. The topological polar surface area (TPSA) is 74.7 Å². The minimum Gasteiger partial charge on any atom is -0.465 e. The van der Waals surface area contributed by atoms with E-state index in [1.54, 1.807) is 38.1 Å². The van der Waals surface area contributed by atoms with Crippen LogP contribution in [0.1, 0.15) is 43.6 Å². The Morgan fingerprint density at radius 1 is 1.03 bits per heavy atom. The molecule has 0 aliphatic carbocycles. The molecule has 1 aromatic heterocycles. The van der Waals surface area contributed by atoms with E-state index in [1.165, 1.54) is 7.11 Å². The van der Waals surface area contributed by atoms with E-state index < -0.39 is 17.5 Å². The number of aryl methyl sites for hydroxylation is 1. The summed E-state index contributed by atoms with van der Waals surface area (Å²) < 4.78 is 15.9. The monoisotopic (exact) mass is 421 g/mol. The standard InChI is InChI=1S/C25H27NO5/c1-6-16-9-8-10-21-19(16)15-20(23(27)29-5)22(26-21)17-11-13-18(14-12-17)31-24(28)25(3,4)30-7-2/h8-15H,6-7H2,1-5H3. The van der Waals surface area contributed by atoms with E-state index >= 15 is 0 Å². The first kappa shape index (κ1) is 22.4. The van der Waals surface area contributed by atoms with Crippen molar-refractivity contribution in [2.75, 3.05) is 13.7 Å². The second-order valence-corrected chi connectivity index (χ2v) is 7.57.